The molecular formula is C15H19Br2NO2. The Morgan fingerprint density at radius 3 is 1.85 bits per heavy atom. The second kappa shape index (κ2) is 4.80. The summed E-state index contributed by atoms with van der Waals surface area (Å²) in [5.74, 6) is 0.908. The predicted octanol–water partition coefficient (Wildman–Crippen LogP) is 3.10. The van der Waals surface area contributed by atoms with Gasteiger partial charge in [-0.25, -0.2) is 0 Å². The highest BCUT2D eigenvalue weighted by Gasteiger charge is 2.66. The Hall–Kier alpha value is 0.1000. The van der Waals surface area contributed by atoms with Gasteiger partial charge in [0, 0.05) is 15.7 Å². The summed E-state index contributed by atoms with van der Waals surface area (Å²) in [6.07, 6.45) is 6.62. The number of imide groups is 1. The molecule has 0 unspecified atom stereocenters. The van der Waals surface area contributed by atoms with Gasteiger partial charge in [-0.3, -0.25) is 14.5 Å². The monoisotopic (exact) mass is 403 g/mol. The van der Waals surface area contributed by atoms with E-state index in [9.17, 15) is 9.59 Å². The molecule has 0 aromatic rings. The van der Waals surface area contributed by atoms with Crippen LogP contribution in [0.15, 0.2) is 0 Å². The summed E-state index contributed by atoms with van der Waals surface area (Å²) in [7, 11) is 0. The van der Waals surface area contributed by atoms with Crippen LogP contribution in [0.4, 0.5) is 0 Å². The second-order valence-electron chi connectivity index (χ2n) is 6.84. The minimum absolute atomic E-state index is 0.0346. The van der Waals surface area contributed by atoms with E-state index in [1.54, 1.807) is 4.90 Å². The quantitative estimate of drug-likeness (QED) is 0.497. The Labute approximate surface area is 136 Å². The number of alkyl halides is 2. The fourth-order valence-electron chi connectivity index (χ4n) is 5.07. The zero-order valence-electron chi connectivity index (χ0n) is 11.3. The Bertz CT molecular complexity index is 431. The predicted molar refractivity (Wildman–Crippen MR) is 82.7 cm³/mol. The largest absolute Gasteiger partial charge is 0.279 e. The van der Waals surface area contributed by atoms with Gasteiger partial charge in [0.2, 0.25) is 11.8 Å². The van der Waals surface area contributed by atoms with Gasteiger partial charge in [0.1, 0.15) is 0 Å². The van der Waals surface area contributed by atoms with Crippen LogP contribution in [0.1, 0.15) is 38.5 Å². The van der Waals surface area contributed by atoms with Crippen molar-refractivity contribution in [2.75, 3.05) is 0 Å². The Morgan fingerprint density at radius 1 is 0.850 bits per heavy atom. The number of carbonyl (C=O) groups excluding carboxylic acids is 2. The van der Waals surface area contributed by atoms with Crippen molar-refractivity contribution in [1.82, 2.24) is 4.90 Å². The molecule has 0 aromatic heterocycles. The van der Waals surface area contributed by atoms with E-state index in [1.165, 1.54) is 6.42 Å². The van der Waals surface area contributed by atoms with Crippen molar-refractivity contribution in [3.8, 4) is 0 Å². The van der Waals surface area contributed by atoms with Crippen molar-refractivity contribution < 1.29 is 9.59 Å². The number of hydrogen-bond acceptors (Lipinski definition) is 2. The summed E-state index contributed by atoms with van der Waals surface area (Å²) in [6, 6.07) is 0.191. The van der Waals surface area contributed by atoms with Crippen molar-refractivity contribution in [2.45, 2.75) is 54.2 Å². The van der Waals surface area contributed by atoms with Crippen molar-refractivity contribution >= 4 is 43.7 Å². The van der Waals surface area contributed by atoms with Gasteiger partial charge in [-0.15, -0.1) is 0 Å². The summed E-state index contributed by atoms with van der Waals surface area (Å²) in [4.78, 5) is 28.0. The van der Waals surface area contributed by atoms with E-state index in [-0.39, 0.29) is 29.7 Å². The summed E-state index contributed by atoms with van der Waals surface area (Å²) in [6.45, 7) is 0. The lowest BCUT2D eigenvalue weighted by Crippen LogP contribution is -2.42. The van der Waals surface area contributed by atoms with Crippen LogP contribution in [0.2, 0.25) is 0 Å². The number of fused-ring (bicyclic) bond motifs is 5. The average molecular weight is 405 g/mol. The van der Waals surface area contributed by atoms with Crippen LogP contribution < -0.4 is 0 Å². The highest BCUT2D eigenvalue weighted by atomic mass is 79.9. The molecule has 2 bridgehead atoms. The molecule has 4 rings (SSSR count). The SMILES string of the molecule is O=C1[C@@H]2[C@H]3C[C@@H]([C@@H](Br)[C@@H]3Br)[C@@H]2C(=O)N1C1CCCCC1. The molecule has 3 aliphatic carbocycles. The molecule has 1 aliphatic heterocycles. The minimum atomic E-state index is -0.0346. The first kappa shape index (κ1) is 13.7. The van der Waals surface area contributed by atoms with Crippen LogP contribution in [0.25, 0.3) is 0 Å². The molecular weight excluding hydrogens is 386 g/mol. The maximum Gasteiger partial charge on any atom is 0.233 e. The van der Waals surface area contributed by atoms with Crippen LogP contribution in [-0.2, 0) is 9.59 Å². The zero-order valence-corrected chi connectivity index (χ0v) is 14.5. The van der Waals surface area contributed by atoms with E-state index in [1.807, 2.05) is 0 Å². The molecule has 0 aromatic carbocycles. The molecule has 2 amide bonds. The first-order chi connectivity index (χ1) is 9.61. The topological polar surface area (TPSA) is 37.4 Å². The number of amides is 2. The molecule has 4 fully saturated rings. The van der Waals surface area contributed by atoms with E-state index in [2.05, 4.69) is 31.9 Å². The van der Waals surface area contributed by atoms with Gasteiger partial charge in [0.25, 0.3) is 0 Å². The average Bonchev–Trinajstić information content (AvgIpc) is 3.05. The highest BCUT2D eigenvalue weighted by Crippen LogP contribution is 2.60. The molecule has 6 atom stereocenters. The Balaban J connectivity index is 1.63. The number of nitrogens with zero attached hydrogens (tertiary/aromatic N) is 1. The Kier molecular flexibility index (Phi) is 3.30. The third-order valence-electron chi connectivity index (χ3n) is 5.96. The lowest BCUT2D eigenvalue weighted by atomic mass is 9.81. The van der Waals surface area contributed by atoms with Crippen molar-refractivity contribution in [1.29, 1.82) is 0 Å². The zero-order chi connectivity index (χ0) is 14.0. The smallest absolute Gasteiger partial charge is 0.233 e. The molecule has 0 N–H and O–H groups in total. The van der Waals surface area contributed by atoms with Gasteiger partial charge in [0.05, 0.1) is 11.8 Å². The van der Waals surface area contributed by atoms with Crippen LogP contribution >= 0.6 is 31.9 Å². The van der Waals surface area contributed by atoms with Crippen molar-refractivity contribution in [3.05, 3.63) is 0 Å². The number of hydrogen-bond donors (Lipinski definition) is 0. The summed E-state index contributed by atoms with van der Waals surface area (Å²) in [5.41, 5.74) is 0. The highest BCUT2D eigenvalue weighted by molar-refractivity contribution is 9.12. The van der Waals surface area contributed by atoms with Gasteiger partial charge >= 0.3 is 0 Å². The molecule has 0 spiro atoms. The number of carbonyl (C=O) groups is 2. The first-order valence-electron chi connectivity index (χ1n) is 7.76. The van der Waals surface area contributed by atoms with Gasteiger partial charge in [-0.05, 0) is 31.1 Å². The van der Waals surface area contributed by atoms with Crippen molar-refractivity contribution in [3.63, 3.8) is 0 Å². The van der Waals surface area contributed by atoms with Crippen LogP contribution in [0.3, 0.4) is 0 Å². The molecule has 3 nitrogen and oxygen atoms in total. The van der Waals surface area contributed by atoms with Gasteiger partial charge in [-0.1, -0.05) is 51.1 Å². The molecule has 4 aliphatic rings. The minimum Gasteiger partial charge on any atom is -0.279 e. The number of rotatable bonds is 1. The molecule has 3 saturated carbocycles. The first-order valence-corrected chi connectivity index (χ1v) is 9.59. The fourth-order valence-corrected chi connectivity index (χ4v) is 6.94. The van der Waals surface area contributed by atoms with Gasteiger partial charge in [0.15, 0.2) is 0 Å². The van der Waals surface area contributed by atoms with E-state index in [0.717, 1.165) is 32.1 Å². The van der Waals surface area contributed by atoms with Gasteiger partial charge in [-0.2, -0.15) is 0 Å². The summed E-state index contributed by atoms with van der Waals surface area (Å²) in [5, 5.41) is 0. The molecule has 110 valence electrons. The Morgan fingerprint density at radius 2 is 1.35 bits per heavy atom. The van der Waals surface area contributed by atoms with Crippen LogP contribution in [0, 0.1) is 23.7 Å². The van der Waals surface area contributed by atoms with E-state index in [4.69, 9.17) is 0 Å². The lowest BCUT2D eigenvalue weighted by molar-refractivity contribution is -0.144. The maximum absolute atomic E-state index is 12.8. The third kappa shape index (κ3) is 1.68. The number of halogens is 2. The van der Waals surface area contributed by atoms with Crippen LogP contribution in [-0.4, -0.2) is 32.4 Å². The molecule has 1 saturated heterocycles. The van der Waals surface area contributed by atoms with Crippen LogP contribution in [0.5, 0.6) is 0 Å². The fraction of sp³-hybridized carbons (Fsp3) is 0.867. The second-order valence-corrected chi connectivity index (χ2v) is 8.96. The number of likely N-dealkylation sites (tertiary alicyclic amines) is 1. The van der Waals surface area contributed by atoms with E-state index >= 15 is 0 Å². The third-order valence-corrected chi connectivity index (χ3v) is 9.17. The molecule has 1 heterocycles. The molecule has 5 heteroatoms. The molecule has 20 heavy (non-hydrogen) atoms. The summed E-state index contributed by atoms with van der Waals surface area (Å²) < 4.78 is 0. The van der Waals surface area contributed by atoms with E-state index < -0.39 is 0 Å². The molecule has 0 radical (unpaired) electrons. The van der Waals surface area contributed by atoms with Crippen molar-refractivity contribution in [2.24, 2.45) is 23.7 Å². The normalized spacial score (nSPS) is 48.2. The maximum atomic E-state index is 12.8. The van der Waals surface area contributed by atoms with Gasteiger partial charge < -0.3 is 0 Å². The van der Waals surface area contributed by atoms with E-state index in [0.29, 0.717) is 21.5 Å². The summed E-state index contributed by atoms with van der Waals surface area (Å²) >= 11 is 7.46. The lowest BCUT2D eigenvalue weighted by Gasteiger charge is -2.30. The standard InChI is InChI=1S/C15H19Br2NO2/c16-12-8-6-9(13(12)17)11-10(8)14(19)18(15(11)20)7-4-2-1-3-5-7/h7-13H,1-6H2/t8-,9-,10-,11+,12-,13-/m1/s1.